The Labute approximate surface area is 177 Å². The van der Waals surface area contributed by atoms with Gasteiger partial charge in [0.15, 0.2) is 0 Å². The second-order valence-electron chi connectivity index (χ2n) is 8.49. The molecule has 2 aromatic carbocycles. The molecule has 0 radical (unpaired) electrons. The Hall–Kier alpha value is -2.66. The predicted octanol–water partition coefficient (Wildman–Crippen LogP) is 5.37. The van der Waals surface area contributed by atoms with E-state index in [2.05, 4.69) is 47.6 Å². The highest BCUT2D eigenvalue weighted by Gasteiger charge is 2.57. The van der Waals surface area contributed by atoms with Crippen LogP contribution in [0.15, 0.2) is 61.3 Å². The van der Waals surface area contributed by atoms with Gasteiger partial charge in [0.1, 0.15) is 5.75 Å². The standard InChI is InChI=1S/C25H28F2N2O/c1-17(2)28-12-19-4-6-20(7-5-19)14-29-13-18(3)24-10-23(9-8-21(24)15-29)30-16-22-11-25(22,26)27/h4-10,22,28H,1,3,11-16H2,2H3. The molecule has 1 fully saturated rings. The first kappa shape index (κ1) is 20.6. The summed E-state index contributed by atoms with van der Waals surface area (Å²) in [5.74, 6) is -2.54. The van der Waals surface area contributed by atoms with E-state index < -0.39 is 11.8 Å². The largest absolute Gasteiger partial charge is 0.493 e. The fourth-order valence-corrected chi connectivity index (χ4v) is 3.80. The van der Waals surface area contributed by atoms with Crippen molar-refractivity contribution < 1.29 is 13.5 Å². The Morgan fingerprint density at radius 1 is 1.17 bits per heavy atom. The normalized spacial score (nSPS) is 19.8. The number of allylic oxidation sites excluding steroid dienone is 1. The number of nitrogens with one attached hydrogen (secondary N) is 1. The third kappa shape index (κ3) is 4.90. The Bertz CT molecular complexity index is 952. The Kier molecular flexibility index (Phi) is 5.65. The highest BCUT2D eigenvalue weighted by Crippen LogP contribution is 2.48. The number of alkyl halides is 2. The van der Waals surface area contributed by atoms with Crippen LogP contribution in [0.4, 0.5) is 8.78 Å². The number of fused-ring (bicyclic) bond motifs is 1. The summed E-state index contributed by atoms with van der Waals surface area (Å²) in [5.41, 5.74) is 6.75. The van der Waals surface area contributed by atoms with E-state index in [4.69, 9.17) is 4.74 Å². The van der Waals surface area contributed by atoms with Crippen LogP contribution >= 0.6 is 0 Å². The Morgan fingerprint density at radius 2 is 1.87 bits per heavy atom. The van der Waals surface area contributed by atoms with Crippen molar-refractivity contribution in [2.24, 2.45) is 5.92 Å². The number of hydrogen-bond acceptors (Lipinski definition) is 3. The molecule has 0 amide bonds. The lowest BCUT2D eigenvalue weighted by molar-refractivity contribution is 0.0856. The lowest BCUT2D eigenvalue weighted by atomic mass is 9.95. The summed E-state index contributed by atoms with van der Waals surface area (Å²) in [5, 5.41) is 3.24. The molecule has 1 N–H and O–H groups in total. The summed E-state index contributed by atoms with van der Waals surface area (Å²) in [6, 6.07) is 14.5. The molecule has 158 valence electrons. The summed E-state index contributed by atoms with van der Waals surface area (Å²) in [6.07, 6.45) is -0.0645. The first-order valence-electron chi connectivity index (χ1n) is 10.3. The maximum Gasteiger partial charge on any atom is 0.255 e. The number of benzene rings is 2. The van der Waals surface area contributed by atoms with Gasteiger partial charge < -0.3 is 10.1 Å². The van der Waals surface area contributed by atoms with E-state index in [-0.39, 0.29) is 13.0 Å². The van der Waals surface area contributed by atoms with Gasteiger partial charge in [-0.1, -0.05) is 43.5 Å². The van der Waals surface area contributed by atoms with Crippen molar-refractivity contribution in [2.45, 2.75) is 38.9 Å². The Balaban J connectivity index is 1.35. The fraction of sp³-hybridized carbons (Fsp3) is 0.360. The minimum Gasteiger partial charge on any atom is -0.493 e. The number of hydrogen-bond donors (Lipinski definition) is 1. The highest BCUT2D eigenvalue weighted by molar-refractivity contribution is 5.70. The van der Waals surface area contributed by atoms with Gasteiger partial charge in [-0.25, -0.2) is 8.78 Å². The van der Waals surface area contributed by atoms with Gasteiger partial charge in [0.2, 0.25) is 0 Å². The summed E-state index contributed by atoms with van der Waals surface area (Å²) in [6.45, 7) is 13.4. The first-order chi connectivity index (χ1) is 14.3. The van der Waals surface area contributed by atoms with Gasteiger partial charge >= 0.3 is 0 Å². The van der Waals surface area contributed by atoms with E-state index in [1.54, 1.807) is 0 Å². The summed E-state index contributed by atoms with van der Waals surface area (Å²) in [4.78, 5) is 2.36. The van der Waals surface area contributed by atoms with Crippen LogP contribution in [-0.4, -0.2) is 24.0 Å². The first-order valence-corrected chi connectivity index (χ1v) is 10.3. The van der Waals surface area contributed by atoms with Crippen molar-refractivity contribution in [3.05, 3.63) is 83.6 Å². The van der Waals surface area contributed by atoms with Crippen molar-refractivity contribution >= 4 is 5.57 Å². The summed E-state index contributed by atoms with van der Waals surface area (Å²) in [7, 11) is 0. The summed E-state index contributed by atoms with van der Waals surface area (Å²) >= 11 is 0. The van der Waals surface area contributed by atoms with Crippen LogP contribution in [-0.2, 0) is 19.6 Å². The molecule has 5 heteroatoms. The van der Waals surface area contributed by atoms with Gasteiger partial charge in [-0.15, -0.1) is 0 Å². The molecule has 2 aromatic rings. The number of ether oxygens (including phenoxy) is 1. The van der Waals surface area contributed by atoms with E-state index in [0.29, 0.717) is 5.75 Å². The fourth-order valence-electron chi connectivity index (χ4n) is 3.80. The molecular formula is C25H28F2N2O. The van der Waals surface area contributed by atoms with Crippen LogP contribution in [0, 0.1) is 5.92 Å². The molecule has 0 spiro atoms. The smallest absolute Gasteiger partial charge is 0.255 e. The van der Waals surface area contributed by atoms with Gasteiger partial charge in [-0.3, -0.25) is 4.90 Å². The Morgan fingerprint density at radius 3 is 2.53 bits per heavy atom. The zero-order valence-corrected chi connectivity index (χ0v) is 17.4. The quantitative estimate of drug-likeness (QED) is 0.633. The monoisotopic (exact) mass is 410 g/mol. The van der Waals surface area contributed by atoms with Gasteiger partial charge in [-0.2, -0.15) is 0 Å². The van der Waals surface area contributed by atoms with Crippen LogP contribution < -0.4 is 10.1 Å². The van der Waals surface area contributed by atoms with Gasteiger partial charge in [0.25, 0.3) is 5.92 Å². The minimum atomic E-state index is -2.54. The molecule has 1 unspecified atom stereocenters. The second-order valence-corrected chi connectivity index (χ2v) is 8.49. The molecule has 1 heterocycles. The van der Waals surface area contributed by atoms with E-state index in [1.165, 1.54) is 16.7 Å². The van der Waals surface area contributed by atoms with Crippen molar-refractivity contribution in [1.82, 2.24) is 10.2 Å². The van der Waals surface area contributed by atoms with Crippen molar-refractivity contribution in [1.29, 1.82) is 0 Å². The summed E-state index contributed by atoms with van der Waals surface area (Å²) < 4.78 is 31.7. The van der Waals surface area contributed by atoms with Crippen molar-refractivity contribution in [3.8, 4) is 5.75 Å². The SMILES string of the molecule is C=C(C)NCc1ccc(CN2CC(=C)c3cc(OCC4CC4(F)F)ccc3C2)cc1. The molecule has 1 saturated carbocycles. The van der Waals surface area contributed by atoms with E-state index in [0.717, 1.165) is 43.0 Å². The molecule has 0 bridgehead atoms. The third-order valence-corrected chi connectivity index (χ3v) is 5.70. The second kappa shape index (κ2) is 8.23. The maximum absolute atomic E-state index is 13.0. The van der Waals surface area contributed by atoms with E-state index >= 15 is 0 Å². The molecule has 30 heavy (non-hydrogen) atoms. The molecule has 0 saturated heterocycles. The molecule has 1 aliphatic heterocycles. The molecule has 4 rings (SSSR count). The average molecular weight is 411 g/mol. The number of rotatable bonds is 8. The van der Waals surface area contributed by atoms with Crippen molar-refractivity contribution in [3.63, 3.8) is 0 Å². The average Bonchev–Trinajstić information content (AvgIpc) is 3.32. The minimum absolute atomic E-state index is 0.0645. The van der Waals surface area contributed by atoms with Gasteiger partial charge in [0.05, 0.1) is 12.5 Å². The van der Waals surface area contributed by atoms with Gasteiger partial charge in [0, 0.05) is 38.3 Å². The van der Waals surface area contributed by atoms with Crippen LogP contribution in [0.2, 0.25) is 0 Å². The van der Waals surface area contributed by atoms with Crippen LogP contribution in [0.25, 0.3) is 5.57 Å². The van der Waals surface area contributed by atoms with Crippen LogP contribution in [0.5, 0.6) is 5.75 Å². The molecule has 3 nitrogen and oxygen atoms in total. The molecular weight excluding hydrogens is 382 g/mol. The van der Waals surface area contributed by atoms with Crippen LogP contribution in [0.1, 0.15) is 35.6 Å². The van der Waals surface area contributed by atoms with E-state index in [1.807, 2.05) is 25.1 Å². The number of nitrogens with zero attached hydrogens (tertiary/aromatic N) is 1. The van der Waals surface area contributed by atoms with Crippen molar-refractivity contribution in [2.75, 3.05) is 13.2 Å². The van der Waals surface area contributed by atoms with Crippen LogP contribution in [0.3, 0.4) is 0 Å². The van der Waals surface area contributed by atoms with E-state index in [9.17, 15) is 8.78 Å². The van der Waals surface area contributed by atoms with Gasteiger partial charge in [-0.05, 0) is 46.9 Å². The zero-order chi connectivity index (χ0) is 21.3. The lowest BCUT2D eigenvalue weighted by Crippen LogP contribution is -2.29. The molecule has 2 aliphatic rings. The molecule has 1 aliphatic carbocycles. The topological polar surface area (TPSA) is 24.5 Å². The third-order valence-electron chi connectivity index (χ3n) is 5.70. The predicted molar refractivity (Wildman–Crippen MR) is 116 cm³/mol. The molecule has 1 atom stereocenters. The highest BCUT2D eigenvalue weighted by atomic mass is 19.3. The zero-order valence-electron chi connectivity index (χ0n) is 17.4. The molecule has 0 aromatic heterocycles. The number of halogens is 2. The lowest BCUT2D eigenvalue weighted by Gasteiger charge is -2.30. The maximum atomic E-state index is 13.0.